The number of benzene rings is 2. The number of anilines is 1. The Labute approximate surface area is 136 Å². The second kappa shape index (κ2) is 6.83. The second-order valence-corrected chi connectivity index (χ2v) is 7.01. The van der Waals surface area contributed by atoms with Crippen LogP contribution in [0.4, 0.5) is 5.69 Å². The molecule has 2 aromatic rings. The van der Waals surface area contributed by atoms with E-state index in [9.17, 15) is 13.2 Å². The van der Waals surface area contributed by atoms with Gasteiger partial charge >= 0.3 is 5.97 Å². The van der Waals surface area contributed by atoms with E-state index in [1.54, 1.807) is 12.1 Å². The molecule has 0 heterocycles. The lowest BCUT2D eigenvalue weighted by atomic mass is 9.97. The topological polar surface area (TPSA) is 83.5 Å². The number of nitrogens with one attached hydrogen (secondary N) is 1. The normalized spacial score (nSPS) is 12.6. The largest absolute Gasteiger partial charge is 0.478 e. The van der Waals surface area contributed by atoms with Crippen molar-refractivity contribution in [1.82, 2.24) is 0 Å². The molecule has 0 aliphatic heterocycles. The first-order valence-corrected chi connectivity index (χ1v) is 8.78. The van der Waals surface area contributed by atoms with Crippen LogP contribution in [0.25, 0.3) is 0 Å². The van der Waals surface area contributed by atoms with Gasteiger partial charge in [0.15, 0.2) is 0 Å². The van der Waals surface area contributed by atoms with Gasteiger partial charge in [0.05, 0.1) is 16.1 Å². The van der Waals surface area contributed by atoms with Crippen molar-refractivity contribution in [3.05, 3.63) is 59.7 Å². The van der Waals surface area contributed by atoms with Crippen molar-refractivity contribution in [3.8, 4) is 0 Å². The number of carboxylic acids is 1. The average molecular weight is 333 g/mol. The van der Waals surface area contributed by atoms with Crippen LogP contribution < -0.4 is 4.72 Å². The lowest BCUT2D eigenvalue weighted by molar-refractivity contribution is 0.0696. The second-order valence-electron chi connectivity index (χ2n) is 5.33. The Morgan fingerprint density at radius 1 is 1.13 bits per heavy atom. The summed E-state index contributed by atoms with van der Waals surface area (Å²) in [4.78, 5) is 10.9. The fourth-order valence-electron chi connectivity index (χ4n) is 2.22. The van der Waals surface area contributed by atoms with Gasteiger partial charge in [-0.1, -0.05) is 32.0 Å². The minimum absolute atomic E-state index is 0.0291. The summed E-state index contributed by atoms with van der Waals surface area (Å²) in [5.74, 6) is -0.868. The zero-order valence-corrected chi connectivity index (χ0v) is 13.8. The van der Waals surface area contributed by atoms with Crippen LogP contribution in [-0.2, 0) is 10.0 Å². The minimum atomic E-state index is -3.76. The highest BCUT2D eigenvalue weighted by atomic mass is 32.2. The molecule has 2 aromatic carbocycles. The molecular formula is C17H19NO4S. The van der Waals surface area contributed by atoms with Crippen LogP contribution in [0.2, 0.25) is 0 Å². The third-order valence-corrected chi connectivity index (χ3v) is 5.14. The lowest BCUT2D eigenvalue weighted by Gasteiger charge is -2.16. The first-order chi connectivity index (χ1) is 10.8. The minimum Gasteiger partial charge on any atom is -0.478 e. The number of carboxylic acid groups (broad SMARTS) is 1. The summed E-state index contributed by atoms with van der Waals surface area (Å²) in [6.07, 6.45) is 0.895. The molecule has 0 unspecified atom stereocenters. The van der Waals surface area contributed by atoms with Crippen LogP contribution in [-0.4, -0.2) is 19.5 Å². The smallest absolute Gasteiger partial charge is 0.335 e. The molecule has 2 N–H and O–H groups in total. The summed E-state index contributed by atoms with van der Waals surface area (Å²) in [5.41, 5.74) is 1.52. The molecule has 0 bridgehead atoms. The third kappa shape index (κ3) is 3.90. The quantitative estimate of drug-likeness (QED) is 0.844. The van der Waals surface area contributed by atoms with Crippen molar-refractivity contribution < 1.29 is 18.3 Å². The highest BCUT2D eigenvalue weighted by molar-refractivity contribution is 7.92. The van der Waals surface area contributed by atoms with Gasteiger partial charge in [-0.05, 0) is 48.2 Å². The fourth-order valence-corrected chi connectivity index (χ4v) is 3.31. The average Bonchev–Trinajstić information content (AvgIpc) is 2.54. The van der Waals surface area contributed by atoms with Crippen molar-refractivity contribution in [2.24, 2.45) is 0 Å². The van der Waals surface area contributed by atoms with Gasteiger partial charge in [-0.2, -0.15) is 0 Å². The van der Waals surface area contributed by atoms with Gasteiger partial charge in [-0.15, -0.1) is 0 Å². The van der Waals surface area contributed by atoms with Crippen molar-refractivity contribution in [2.75, 3.05) is 4.72 Å². The van der Waals surface area contributed by atoms with E-state index in [0.29, 0.717) is 5.69 Å². The number of rotatable bonds is 6. The molecule has 0 aromatic heterocycles. The molecule has 0 amide bonds. The first kappa shape index (κ1) is 17.0. The Hall–Kier alpha value is -2.34. The Bertz CT molecular complexity index is 798. The molecule has 122 valence electrons. The highest BCUT2D eigenvalue weighted by Crippen LogP contribution is 2.28. The van der Waals surface area contributed by atoms with E-state index in [0.717, 1.165) is 12.0 Å². The van der Waals surface area contributed by atoms with E-state index in [1.165, 1.54) is 24.3 Å². The Morgan fingerprint density at radius 2 is 1.74 bits per heavy atom. The van der Waals surface area contributed by atoms with E-state index in [1.807, 2.05) is 26.0 Å². The predicted octanol–water partition coefficient (Wildman–Crippen LogP) is 3.70. The molecule has 2 rings (SSSR count). The Morgan fingerprint density at radius 3 is 2.30 bits per heavy atom. The third-order valence-electron chi connectivity index (χ3n) is 3.76. The van der Waals surface area contributed by atoms with Gasteiger partial charge in [0.2, 0.25) is 0 Å². The number of sulfonamides is 1. The Balaban J connectivity index is 2.33. The molecule has 0 aliphatic rings. The van der Waals surface area contributed by atoms with Gasteiger partial charge in [0.1, 0.15) is 0 Å². The maximum absolute atomic E-state index is 12.5. The first-order valence-electron chi connectivity index (χ1n) is 7.30. The standard InChI is InChI=1S/C17H19NO4S/c1-3-12(2)15-6-4-5-7-16(15)18-23(21,22)14-10-8-13(9-11-14)17(19)20/h4-12,18H,3H2,1-2H3,(H,19,20)/t12-/m0/s1. The fraction of sp³-hybridized carbons (Fsp3) is 0.235. The summed E-state index contributed by atoms with van der Waals surface area (Å²) in [5, 5.41) is 8.87. The maximum Gasteiger partial charge on any atom is 0.335 e. The van der Waals surface area contributed by atoms with Crippen LogP contribution in [0.5, 0.6) is 0 Å². The molecule has 23 heavy (non-hydrogen) atoms. The van der Waals surface area contributed by atoms with Crippen LogP contribution in [0.15, 0.2) is 53.4 Å². The van der Waals surface area contributed by atoms with E-state index in [-0.39, 0.29) is 16.4 Å². The van der Waals surface area contributed by atoms with E-state index in [4.69, 9.17) is 5.11 Å². The van der Waals surface area contributed by atoms with Gasteiger partial charge in [-0.3, -0.25) is 4.72 Å². The number of para-hydroxylation sites is 1. The lowest BCUT2D eigenvalue weighted by Crippen LogP contribution is -2.15. The summed E-state index contributed by atoms with van der Waals surface area (Å²) in [6, 6.07) is 12.4. The van der Waals surface area contributed by atoms with Gasteiger partial charge in [0, 0.05) is 0 Å². The number of hydrogen-bond acceptors (Lipinski definition) is 3. The van der Waals surface area contributed by atoms with Crippen LogP contribution in [0.1, 0.15) is 42.1 Å². The Kier molecular flexibility index (Phi) is 5.05. The maximum atomic E-state index is 12.5. The summed E-state index contributed by atoms with van der Waals surface area (Å²) in [7, 11) is -3.76. The number of aromatic carboxylic acids is 1. The van der Waals surface area contributed by atoms with Gasteiger partial charge < -0.3 is 5.11 Å². The molecule has 5 nitrogen and oxygen atoms in total. The van der Waals surface area contributed by atoms with Crippen molar-refractivity contribution in [1.29, 1.82) is 0 Å². The molecular weight excluding hydrogens is 314 g/mol. The number of hydrogen-bond donors (Lipinski definition) is 2. The van der Waals surface area contributed by atoms with E-state index in [2.05, 4.69) is 4.72 Å². The molecule has 1 atom stereocenters. The summed E-state index contributed by atoms with van der Waals surface area (Å²) >= 11 is 0. The molecule has 0 saturated heterocycles. The molecule has 0 aliphatic carbocycles. The zero-order valence-electron chi connectivity index (χ0n) is 13.0. The van der Waals surface area contributed by atoms with Crippen LogP contribution in [0.3, 0.4) is 0 Å². The van der Waals surface area contributed by atoms with Crippen molar-refractivity contribution >= 4 is 21.7 Å². The van der Waals surface area contributed by atoms with E-state index < -0.39 is 16.0 Å². The SMILES string of the molecule is CC[C@H](C)c1ccccc1NS(=O)(=O)c1ccc(C(=O)O)cc1. The number of carbonyl (C=O) groups is 1. The molecule has 0 radical (unpaired) electrons. The molecule has 0 saturated carbocycles. The zero-order chi connectivity index (χ0) is 17.0. The van der Waals surface area contributed by atoms with E-state index >= 15 is 0 Å². The predicted molar refractivity (Wildman–Crippen MR) is 89.4 cm³/mol. The summed E-state index contributed by atoms with van der Waals surface area (Å²) in [6.45, 7) is 4.08. The molecule has 6 heteroatoms. The van der Waals surface area contributed by atoms with Crippen molar-refractivity contribution in [2.45, 2.75) is 31.1 Å². The molecule has 0 spiro atoms. The van der Waals surface area contributed by atoms with Gasteiger partial charge in [0.25, 0.3) is 10.0 Å². The monoisotopic (exact) mass is 333 g/mol. The van der Waals surface area contributed by atoms with Crippen molar-refractivity contribution in [3.63, 3.8) is 0 Å². The highest BCUT2D eigenvalue weighted by Gasteiger charge is 2.18. The van der Waals surface area contributed by atoms with Gasteiger partial charge in [-0.25, -0.2) is 13.2 Å². The van der Waals surface area contributed by atoms with Crippen LogP contribution in [0, 0.1) is 0 Å². The summed E-state index contributed by atoms with van der Waals surface area (Å²) < 4.78 is 27.6. The van der Waals surface area contributed by atoms with Crippen LogP contribution >= 0.6 is 0 Å². The molecule has 0 fully saturated rings.